The molecule has 0 bridgehead atoms. The molecule has 2 N–H and O–H groups in total. The summed E-state index contributed by atoms with van der Waals surface area (Å²) in [5, 5.41) is 13.8. The van der Waals surface area contributed by atoms with E-state index in [0.29, 0.717) is 34.1 Å². The molecule has 1 saturated heterocycles. The largest absolute Gasteiger partial charge is 0.507 e. The molecule has 2 amide bonds. The minimum absolute atomic E-state index is 0.0424. The zero-order valence-corrected chi connectivity index (χ0v) is 25.7. The quantitative estimate of drug-likeness (QED) is 0.319. The second-order valence-electron chi connectivity index (χ2n) is 10.5. The summed E-state index contributed by atoms with van der Waals surface area (Å²) in [6.45, 7) is 7.68. The molecule has 0 aromatic heterocycles. The third-order valence-corrected chi connectivity index (χ3v) is 8.34. The molecule has 42 heavy (non-hydrogen) atoms. The van der Waals surface area contributed by atoms with Crippen LogP contribution < -0.4 is 24.3 Å². The number of methoxy groups -OCH3 is 1. The van der Waals surface area contributed by atoms with E-state index in [1.54, 1.807) is 20.1 Å². The number of amides is 2. The van der Waals surface area contributed by atoms with Crippen molar-refractivity contribution < 1.29 is 33.6 Å². The van der Waals surface area contributed by atoms with Gasteiger partial charge in [0.1, 0.15) is 17.5 Å². The molecular weight excluding hydrogens is 604 g/mol. The van der Waals surface area contributed by atoms with E-state index in [0.717, 1.165) is 21.2 Å². The summed E-state index contributed by atoms with van der Waals surface area (Å²) in [5.41, 5.74) is 3.42. The minimum Gasteiger partial charge on any atom is -0.507 e. The van der Waals surface area contributed by atoms with Crippen LogP contribution >= 0.6 is 15.9 Å². The van der Waals surface area contributed by atoms with Crippen LogP contribution in [0.3, 0.4) is 0 Å². The lowest BCUT2D eigenvalue weighted by molar-refractivity contribution is -0.140. The van der Waals surface area contributed by atoms with Gasteiger partial charge >= 0.3 is 0 Å². The maximum Gasteiger partial charge on any atom is 0.268 e. The van der Waals surface area contributed by atoms with Crippen molar-refractivity contribution in [1.82, 2.24) is 10.2 Å². The van der Waals surface area contributed by atoms with E-state index in [9.17, 15) is 14.7 Å². The Balaban J connectivity index is 1.53. The number of fused-ring (bicyclic) bond motifs is 1. The summed E-state index contributed by atoms with van der Waals surface area (Å²) in [5.74, 6) is 1.32. The molecule has 3 aromatic carbocycles. The average Bonchev–Trinajstić information content (AvgIpc) is 3.43. The van der Waals surface area contributed by atoms with Crippen molar-refractivity contribution in [3.05, 3.63) is 80.5 Å². The monoisotopic (exact) mass is 636 g/mol. The fourth-order valence-corrected chi connectivity index (χ4v) is 5.65. The van der Waals surface area contributed by atoms with Gasteiger partial charge in [-0.2, -0.15) is 0 Å². The predicted molar refractivity (Wildman–Crippen MR) is 161 cm³/mol. The van der Waals surface area contributed by atoms with Gasteiger partial charge < -0.3 is 34.3 Å². The van der Waals surface area contributed by atoms with Gasteiger partial charge in [0.2, 0.25) is 12.7 Å². The minimum atomic E-state index is -0.846. The van der Waals surface area contributed by atoms with Crippen LogP contribution in [0.5, 0.6) is 28.7 Å². The standard InChI is InChI=1S/C32H33BrN2O7/c1-17(2)42-26-13-21(27(33)18(3)29(26)39-5)11-23-32(38)35(15-20-9-7-6-8-10-20)24(31(37)34-23)12-22-14-25-30(41-16-40-25)19(4)28(22)36/h6-10,12-14,17,23,36H,11,15-16H2,1-5H3,(H,34,37)/b24-12-. The fraction of sp³-hybridized carbons (Fsp3) is 0.312. The molecule has 2 heterocycles. The molecule has 10 heteroatoms. The maximum absolute atomic E-state index is 14.1. The topological polar surface area (TPSA) is 107 Å². The van der Waals surface area contributed by atoms with E-state index in [-0.39, 0.29) is 43.2 Å². The second kappa shape index (κ2) is 12.0. The molecule has 9 nitrogen and oxygen atoms in total. The highest BCUT2D eigenvalue weighted by molar-refractivity contribution is 9.10. The molecule has 0 spiro atoms. The van der Waals surface area contributed by atoms with Crippen molar-refractivity contribution in [3.63, 3.8) is 0 Å². The number of phenols is 1. The van der Waals surface area contributed by atoms with Gasteiger partial charge in [-0.25, -0.2) is 0 Å². The zero-order valence-electron chi connectivity index (χ0n) is 24.1. The number of phenolic OH excluding ortho intramolecular Hbond substituents is 1. The van der Waals surface area contributed by atoms with Crippen molar-refractivity contribution >= 4 is 33.8 Å². The number of benzene rings is 3. The Kier molecular flexibility index (Phi) is 8.36. The smallest absolute Gasteiger partial charge is 0.268 e. The van der Waals surface area contributed by atoms with Crippen LogP contribution in [0.1, 0.15) is 41.7 Å². The first-order chi connectivity index (χ1) is 20.1. The lowest BCUT2D eigenvalue weighted by atomic mass is 9.98. The van der Waals surface area contributed by atoms with Crippen molar-refractivity contribution in [3.8, 4) is 28.7 Å². The number of ether oxygens (including phenoxy) is 4. The van der Waals surface area contributed by atoms with E-state index < -0.39 is 11.9 Å². The van der Waals surface area contributed by atoms with Gasteiger partial charge in [0.25, 0.3) is 5.91 Å². The van der Waals surface area contributed by atoms with Gasteiger partial charge in [-0.3, -0.25) is 9.59 Å². The number of rotatable bonds is 8. The van der Waals surface area contributed by atoms with E-state index in [2.05, 4.69) is 21.2 Å². The van der Waals surface area contributed by atoms with E-state index in [1.165, 1.54) is 11.0 Å². The van der Waals surface area contributed by atoms with Gasteiger partial charge in [0.05, 0.1) is 19.8 Å². The Morgan fingerprint density at radius 2 is 1.88 bits per heavy atom. The molecule has 5 rings (SSSR count). The first kappa shape index (κ1) is 29.3. The molecule has 3 aromatic rings. The zero-order chi connectivity index (χ0) is 30.1. The molecular formula is C32H33BrN2O7. The van der Waals surface area contributed by atoms with E-state index in [1.807, 2.05) is 57.2 Å². The summed E-state index contributed by atoms with van der Waals surface area (Å²) < 4.78 is 23.4. The number of nitrogens with zero attached hydrogens (tertiary/aromatic N) is 1. The summed E-state index contributed by atoms with van der Waals surface area (Å²) in [6, 6.07) is 12.0. The Bertz CT molecular complexity index is 1570. The van der Waals surface area contributed by atoms with Crippen molar-refractivity contribution in [2.45, 2.75) is 52.8 Å². The number of piperazine rings is 1. The molecule has 2 aliphatic heterocycles. The Morgan fingerprint density at radius 1 is 1.14 bits per heavy atom. The number of halogens is 1. The number of hydrogen-bond acceptors (Lipinski definition) is 7. The van der Waals surface area contributed by atoms with Crippen molar-refractivity contribution in [2.75, 3.05) is 13.9 Å². The highest BCUT2D eigenvalue weighted by Crippen LogP contribution is 2.43. The maximum atomic E-state index is 14.1. The number of carbonyl (C=O) groups excluding carboxylic acids is 2. The van der Waals surface area contributed by atoms with Crippen LogP contribution in [0.15, 0.2) is 52.6 Å². The van der Waals surface area contributed by atoms with Crippen LogP contribution in [-0.2, 0) is 22.6 Å². The van der Waals surface area contributed by atoms with Crippen LogP contribution in [0, 0.1) is 13.8 Å². The van der Waals surface area contributed by atoms with E-state index >= 15 is 0 Å². The fourth-order valence-electron chi connectivity index (χ4n) is 5.19. The van der Waals surface area contributed by atoms with Gasteiger partial charge in [-0.05, 0) is 57.0 Å². The molecule has 0 saturated carbocycles. The normalized spacial score (nSPS) is 17.2. The Labute approximate surface area is 253 Å². The first-order valence-electron chi connectivity index (χ1n) is 13.6. The molecule has 1 fully saturated rings. The molecule has 1 unspecified atom stereocenters. The number of nitrogens with one attached hydrogen (secondary N) is 1. The molecule has 2 aliphatic rings. The highest BCUT2D eigenvalue weighted by atomic mass is 79.9. The third-order valence-electron chi connectivity index (χ3n) is 7.24. The molecule has 0 radical (unpaired) electrons. The lowest BCUT2D eigenvalue weighted by Gasteiger charge is -2.35. The van der Waals surface area contributed by atoms with Crippen molar-refractivity contribution in [2.24, 2.45) is 0 Å². The van der Waals surface area contributed by atoms with Gasteiger partial charge in [-0.15, -0.1) is 0 Å². The van der Waals surface area contributed by atoms with Crippen molar-refractivity contribution in [1.29, 1.82) is 0 Å². The van der Waals surface area contributed by atoms with E-state index in [4.69, 9.17) is 18.9 Å². The average molecular weight is 638 g/mol. The van der Waals surface area contributed by atoms with Crippen LogP contribution in [0.4, 0.5) is 0 Å². The van der Waals surface area contributed by atoms with Crippen LogP contribution in [-0.4, -0.2) is 47.9 Å². The highest BCUT2D eigenvalue weighted by Gasteiger charge is 2.38. The molecule has 0 aliphatic carbocycles. The molecule has 220 valence electrons. The number of carbonyl (C=O) groups is 2. The predicted octanol–water partition coefficient (Wildman–Crippen LogP) is 5.41. The summed E-state index contributed by atoms with van der Waals surface area (Å²) >= 11 is 3.66. The van der Waals surface area contributed by atoms with Crippen LogP contribution in [0.25, 0.3) is 6.08 Å². The van der Waals surface area contributed by atoms with Crippen LogP contribution in [0.2, 0.25) is 0 Å². The first-order valence-corrected chi connectivity index (χ1v) is 14.4. The lowest BCUT2D eigenvalue weighted by Crippen LogP contribution is -2.57. The molecule has 1 atom stereocenters. The summed E-state index contributed by atoms with van der Waals surface area (Å²) in [7, 11) is 1.58. The van der Waals surface area contributed by atoms with Gasteiger partial charge in [0, 0.05) is 27.6 Å². The second-order valence-corrected chi connectivity index (χ2v) is 11.3. The third kappa shape index (κ3) is 5.63. The SMILES string of the molecule is COc1c(OC(C)C)cc(CC2NC(=O)/C(=C/c3cc4c(c(C)c3O)OCO4)N(Cc3ccccc3)C2=O)c(Br)c1C. The Morgan fingerprint density at radius 3 is 2.57 bits per heavy atom. The number of aromatic hydroxyl groups is 1. The Hall–Kier alpha value is -4.18. The van der Waals surface area contributed by atoms with Gasteiger partial charge in [0.15, 0.2) is 23.0 Å². The summed E-state index contributed by atoms with van der Waals surface area (Å²) in [4.78, 5) is 29.2. The van der Waals surface area contributed by atoms with Gasteiger partial charge in [-0.1, -0.05) is 46.3 Å². The number of hydrogen-bond donors (Lipinski definition) is 2. The summed E-state index contributed by atoms with van der Waals surface area (Å²) in [6.07, 6.45) is 1.64.